The predicted molar refractivity (Wildman–Crippen MR) is 88.6 cm³/mol. The van der Waals surface area contributed by atoms with Crippen LogP contribution in [0.15, 0.2) is 53.4 Å². The molecule has 0 saturated carbocycles. The molecular formula is C17H14F3NO3S. The Morgan fingerprint density at radius 1 is 1.12 bits per heavy atom. The lowest BCUT2D eigenvalue weighted by molar-refractivity contribution is -0.137. The fourth-order valence-electron chi connectivity index (χ4n) is 1.91. The molecule has 2 rings (SSSR count). The Morgan fingerprint density at radius 3 is 2.40 bits per heavy atom. The first-order valence-corrected chi connectivity index (χ1v) is 8.30. The van der Waals surface area contributed by atoms with Gasteiger partial charge in [0, 0.05) is 10.6 Å². The number of carbonyl (C=O) groups is 2. The minimum Gasteiger partial charge on any atom is -0.452 e. The van der Waals surface area contributed by atoms with Crippen molar-refractivity contribution in [3.63, 3.8) is 0 Å². The Bertz CT molecular complexity index is 760. The lowest BCUT2D eigenvalue weighted by atomic mass is 10.1. The molecule has 132 valence electrons. The Hall–Kier alpha value is -2.48. The van der Waals surface area contributed by atoms with Crippen LogP contribution in [0, 0.1) is 0 Å². The molecule has 2 aromatic carbocycles. The van der Waals surface area contributed by atoms with E-state index >= 15 is 0 Å². The van der Waals surface area contributed by atoms with Crippen LogP contribution in [0.1, 0.15) is 15.9 Å². The number of esters is 1. The fourth-order valence-corrected chi connectivity index (χ4v) is 2.37. The minimum atomic E-state index is -4.48. The number of hydrogen-bond acceptors (Lipinski definition) is 4. The number of amides is 1. The van der Waals surface area contributed by atoms with E-state index in [1.807, 2.05) is 12.3 Å². The lowest BCUT2D eigenvalue weighted by Gasteiger charge is -2.09. The van der Waals surface area contributed by atoms with Crippen LogP contribution < -0.4 is 5.32 Å². The molecule has 0 atom stereocenters. The van der Waals surface area contributed by atoms with E-state index in [2.05, 4.69) is 5.32 Å². The van der Waals surface area contributed by atoms with E-state index in [-0.39, 0.29) is 5.56 Å². The maximum atomic E-state index is 12.5. The largest absolute Gasteiger partial charge is 0.452 e. The highest BCUT2D eigenvalue weighted by Gasteiger charge is 2.30. The smallest absolute Gasteiger partial charge is 0.416 e. The molecule has 0 heterocycles. The molecule has 0 aromatic heterocycles. The molecule has 0 aliphatic heterocycles. The molecule has 4 nitrogen and oxygen atoms in total. The summed E-state index contributed by atoms with van der Waals surface area (Å²) in [4.78, 5) is 24.5. The predicted octanol–water partition coefficient (Wildman–Crippen LogP) is 4.22. The first-order chi connectivity index (χ1) is 11.8. The Balaban J connectivity index is 1.89. The van der Waals surface area contributed by atoms with Crippen molar-refractivity contribution in [2.24, 2.45) is 0 Å². The molecule has 0 fully saturated rings. The molecule has 0 unspecified atom stereocenters. The van der Waals surface area contributed by atoms with E-state index in [9.17, 15) is 22.8 Å². The number of hydrogen-bond donors (Lipinski definition) is 1. The van der Waals surface area contributed by atoms with Crippen molar-refractivity contribution < 1.29 is 27.5 Å². The van der Waals surface area contributed by atoms with Gasteiger partial charge in [-0.05, 0) is 48.7 Å². The zero-order valence-electron chi connectivity index (χ0n) is 13.1. The van der Waals surface area contributed by atoms with Gasteiger partial charge >= 0.3 is 12.1 Å². The summed E-state index contributed by atoms with van der Waals surface area (Å²) in [6.45, 7) is -0.538. The summed E-state index contributed by atoms with van der Waals surface area (Å²) >= 11 is 1.51. The van der Waals surface area contributed by atoms with E-state index in [1.165, 1.54) is 11.8 Å². The van der Waals surface area contributed by atoms with E-state index < -0.39 is 30.2 Å². The second-order valence-electron chi connectivity index (χ2n) is 4.93. The van der Waals surface area contributed by atoms with Gasteiger partial charge in [-0.15, -0.1) is 11.8 Å². The van der Waals surface area contributed by atoms with Gasteiger partial charge in [0.2, 0.25) is 0 Å². The van der Waals surface area contributed by atoms with E-state index in [0.29, 0.717) is 5.69 Å². The van der Waals surface area contributed by atoms with Crippen LogP contribution in [0.5, 0.6) is 0 Å². The Morgan fingerprint density at radius 2 is 1.80 bits per heavy atom. The number of benzene rings is 2. The molecular weight excluding hydrogens is 355 g/mol. The SMILES string of the molecule is CSc1cccc(NC(=O)COC(=O)c2ccc(C(F)(F)F)cc2)c1. The highest BCUT2D eigenvalue weighted by molar-refractivity contribution is 7.98. The van der Waals surface area contributed by atoms with Crippen LogP contribution in [0.2, 0.25) is 0 Å². The van der Waals surface area contributed by atoms with Crippen LogP contribution in [0.3, 0.4) is 0 Å². The quantitative estimate of drug-likeness (QED) is 0.633. The molecule has 0 radical (unpaired) electrons. The number of thioether (sulfide) groups is 1. The molecule has 0 bridgehead atoms. The molecule has 1 N–H and O–H groups in total. The van der Waals surface area contributed by atoms with Gasteiger partial charge in [-0.3, -0.25) is 4.79 Å². The first kappa shape index (κ1) is 18.9. The van der Waals surface area contributed by atoms with Crippen molar-refractivity contribution in [3.8, 4) is 0 Å². The summed E-state index contributed by atoms with van der Waals surface area (Å²) in [5.41, 5.74) is -0.372. The normalized spacial score (nSPS) is 11.0. The minimum absolute atomic E-state index is 0.0646. The molecule has 0 spiro atoms. The molecule has 2 aromatic rings. The van der Waals surface area contributed by atoms with Gasteiger partial charge in [0.25, 0.3) is 5.91 Å². The second kappa shape index (κ2) is 8.06. The summed E-state index contributed by atoms with van der Waals surface area (Å²) in [5.74, 6) is -1.42. The van der Waals surface area contributed by atoms with Gasteiger partial charge in [-0.25, -0.2) is 4.79 Å². The molecule has 8 heteroatoms. The van der Waals surface area contributed by atoms with Crippen LogP contribution in [0.4, 0.5) is 18.9 Å². The molecule has 0 aliphatic rings. The van der Waals surface area contributed by atoms with E-state index in [4.69, 9.17) is 4.74 Å². The number of nitrogens with one attached hydrogen (secondary N) is 1. The van der Waals surface area contributed by atoms with Crippen molar-refractivity contribution in [3.05, 3.63) is 59.7 Å². The van der Waals surface area contributed by atoms with Crippen LogP contribution in [-0.4, -0.2) is 24.7 Å². The zero-order chi connectivity index (χ0) is 18.4. The molecule has 1 amide bonds. The molecule has 25 heavy (non-hydrogen) atoms. The highest BCUT2D eigenvalue weighted by Crippen LogP contribution is 2.29. The van der Waals surface area contributed by atoms with Gasteiger partial charge in [0.05, 0.1) is 11.1 Å². The van der Waals surface area contributed by atoms with Crippen molar-refractivity contribution in [2.45, 2.75) is 11.1 Å². The van der Waals surface area contributed by atoms with Crippen molar-refractivity contribution >= 4 is 29.3 Å². The van der Waals surface area contributed by atoms with Crippen LogP contribution >= 0.6 is 11.8 Å². The number of rotatable bonds is 5. The van der Waals surface area contributed by atoms with Crippen molar-refractivity contribution in [2.75, 3.05) is 18.2 Å². The lowest BCUT2D eigenvalue weighted by Crippen LogP contribution is -2.21. The number of anilines is 1. The van der Waals surface area contributed by atoms with Crippen molar-refractivity contribution in [1.82, 2.24) is 0 Å². The van der Waals surface area contributed by atoms with Gasteiger partial charge in [0.15, 0.2) is 6.61 Å². The fraction of sp³-hybridized carbons (Fsp3) is 0.176. The van der Waals surface area contributed by atoms with E-state index in [0.717, 1.165) is 29.2 Å². The van der Waals surface area contributed by atoms with Gasteiger partial charge in [-0.1, -0.05) is 6.07 Å². The average molecular weight is 369 g/mol. The van der Waals surface area contributed by atoms with Gasteiger partial charge in [0.1, 0.15) is 0 Å². The number of alkyl halides is 3. The summed E-state index contributed by atoms with van der Waals surface area (Å²) in [6.07, 6.45) is -2.58. The number of halogens is 3. The Labute approximate surface area is 146 Å². The third-order valence-electron chi connectivity index (χ3n) is 3.14. The molecule has 0 saturated heterocycles. The second-order valence-corrected chi connectivity index (χ2v) is 5.81. The number of ether oxygens (including phenoxy) is 1. The van der Waals surface area contributed by atoms with Crippen LogP contribution in [-0.2, 0) is 15.7 Å². The standard InChI is InChI=1S/C17H14F3NO3S/c1-25-14-4-2-3-13(9-14)21-15(22)10-24-16(23)11-5-7-12(8-6-11)17(18,19)20/h2-9H,10H2,1H3,(H,21,22). The third kappa shape index (κ3) is 5.53. The average Bonchev–Trinajstić information content (AvgIpc) is 2.59. The summed E-state index contributed by atoms with van der Waals surface area (Å²) < 4.78 is 42.2. The zero-order valence-corrected chi connectivity index (χ0v) is 13.9. The van der Waals surface area contributed by atoms with E-state index in [1.54, 1.807) is 18.2 Å². The third-order valence-corrected chi connectivity index (χ3v) is 3.86. The maximum absolute atomic E-state index is 12.5. The highest BCUT2D eigenvalue weighted by atomic mass is 32.2. The summed E-state index contributed by atoms with van der Waals surface area (Å²) in [5, 5.41) is 2.57. The first-order valence-electron chi connectivity index (χ1n) is 7.08. The summed E-state index contributed by atoms with van der Waals surface area (Å²) in [6, 6.07) is 10.7. The Kier molecular flexibility index (Phi) is 6.08. The van der Waals surface area contributed by atoms with Crippen LogP contribution in [0.25, 0.3) is 0 Å². The topological polar surface area (TPSA) is 55.4 Å². The van der Waals surface area contributed by atoms with Gasteiger partial charge in [-0.2, -0.15) is 13.2 Å². The molecule has 0 aliphatic carbocycles. The van der Waals surface area contributed by atoms with Gasteiger partial charge < -0.3 is 10.1 Å². The van der Waals surface area contributed by atoms with Crippen molar-refractivity contribution in [1.29, 1.82) is 0 Å². The monoisotopic (exact) mass is 369 g/mol. The maximum Gasteiger partial charge on any atom is 0.416 e. The number of carbonyl (C=O) groups excluding carboxylic acids is 2. The summed E-state index contributed by atoms with van der Waals surface area (Å²) in [7, 11) is 0.